The maximum atomic E-state index is 11.9. The predicted molar refractivity (Wildman–Crippen MR) is 90.8 cm³/mol. The summed E-state index contributed by atoms with van der Waals surface area (Å²) in [7, 11) is 2.66. The Kier molecular flexibility index (Phi) is 6.52. The molecular formula is C18H18N2O4. The van der Waals surface area contributed by atoms with Crippen LogP contribution < -0.4 is 0 Å². The summed E-state index contributed by atoms with van der Waals surface area (Å²) in [5, 5.41) is 7.69. The summed E-state index contributed by atoms with van der Waals surface area (Å²) in [6.45, 7) is 0.180. The zero-order valence-corrected chi connectivity index (χ0v) is 13.5. The molecule has 0 saturated heterocycles. The van der Waals surface area contributed by atoms with Crippen molar-refractivity contribution in [1.29, 1.82) is 0 Å². The molecule has 0 saturated carbocycles. The van der Waals surface area contributed by atoms with Gasteiger partial charge in [-0.25, -0.2) is 4.79 Å². The van der Waals surface area contributed by atoms with Gasteiger partial charge in [0.15, 0.2) is 5.71 Å². The fourth-order valence-electron chi connectivity index (χ4n) is 2.01. The Balaban J connectivity index is 2.12. The van der Waals surface area contributed by atoms with E-state index in [-0.39, 0.29) is 12.3 Å². The predicted octanol–water partition coefficient (Wildman–Crippen LogP) is 2.76. The summed E-state index contributed by atoms with van der Waals surface area (Å²) in [5.41, 5.74) is 2.32. The molecule has 0 aliphatic carbocycles. The minimum Gasteiger partial charge on any atom is -0.464 e. The van der Waals surface area contributed by atoms with E-state index in [1.54, 1.807) is 18.3 Å². The third-order valence-corrected chi connectivity index (χ3v) is 3.13. The Bertz CT molecular complexity index is 727. The van der Waals surface area contributed by atoms with E-state index in [1.165, 1.54) is 14.2 Å². The van der Waals surface area contributed by atoms with Gasteiger partial charge in [0.1, 0.15) is 13.7 Å². The maximum Gasteiger partial charge on any atom is 0.360 e. The molecule has 0 N–H and O–H groups in total. The molecule has 0 aromatic heterocycles. The molecule has 0 bridgehead atoms. The Hall–Kier alpha value is -3.15. The molecule has 0 radical (unpaired) electrons. The normalized spacial score (nSPS) is 11.3. The van der Waals surface area contributed by atoms with Crippen molar-refractivity contribution in [3.05, 3.63) is 71.3 Å². The largest absolute Gasteiger partial charge is 0.464 e. The van der Waals surface area contributed by atoms with E-state index in [0.29, 0.717) is 5.56 Å². The van der Waals surface area contributed by atoms with Crippen molar-refractivity contribution in [3.63, 3.8) is 0 Å². The van der Waals surface area contributed by atoms with Crippen molar-refractivity contribution >= 4 is 17.9 Å². The number of nitrogens with zero attached hydrogens (tertiary/aromatic N) is 2. The van der Waals surface area contributed by atoms with Crippen LogP contribution in [-0.4, -0.2) is 32.1 Å². The Labute approximate surface area is 140 Å². The molecule has 0 aliphatic heterocycles. The molecule has 6 nitrogen and oxygen atoms in total. The van der Waals surface area contributed by atoms with Crippen molar-refractivity contribution in [1.82, 2.24) is 0 Å². The first-order valence-electron chi connectivity index (χ1n) is 7.24. The van der Waals surface area contributed by atoms with Gasteiger partial charge in [0.25, 0.3) is 0 Å². The quantitative estimate of drug-likeness (QED) is 0.446. The van der Waals surface area contributed by atoms with Crippen LogP contribution in [0.2, 0.25) is 0 Å². The van der Waals surface area contributed by atoms with Gasteiger partial charge in [0.2, 0.25) is 0 Å². The number of oxime groups is 2. The summed E-state index contributed by atoms with van der Waals surface area (Å²) in [5.74, 6) is -0.586. The number of carbonyl (C=O) groups is 1. The van der Waals surface area contributed by atoms with Gasteiger partial charge in [-0.15, -0.1) is 0 Å². The lowest BCUT2D eigenvalue weighted by Gasteiger charge is -2.09. The smallest absolute Gasteiger partial charge is 0.360 e. The first-order valence-corrected chi connectivity index (χ1v) is 7.24. The lowest BCUT2D eigenvalue weighted by atomic mass is 10.0. The van der Waals surface area contributed by atoms with Gasteiger partial charge < -0.3 is 14.4 Å². The third-order valence-electron chi connectivity index (χ3n) is 3.13. The molecule has 0 amide bonds. The van der Waals surface area contributed by atoms with Crippen LogP contribution in [0.4, 0.5) is 0 Å². The monoisotopic (exact) mass is 326 g/mol. The SMILES string of the molecule is CO/N=C(/C(=O)OC)c1ccccc1CON=Cc1ccccc1. The second-order valence-corrected chi connectivity index (χ2v) is 4.69. The van der Waals surface area contributed by atoms with Crippen LogP contribution in [0.3, 0.4) is 0 Å². The number of hydrogen-bond donors (Lipinski definition) is 0. The van der Waals surface area contributed by atoms with Crippen LogP contribution in [0.1, 0.15) is 16.7 Å². The standard InChI is InChI=1S/C18H18N2O4/c1-22-18(21)17(20-23-2)16-11-7-6-10-15(16)13-24-19-12-14-8-4-3-5-9-14/h3-12H,13H2,1-2H3/b19-12?,20-17+. The second kappa shape index (κ2) is 9.09. The van der Waals surface area contributed by atoms with Gasteiger partial charge in [0.05, 0.1) is 13.3 Å². The Morgan fingerprint density at radius 1 is 1.04 bits per heavy atom. The average molecular weight is 326 g/mol. The second-order valence-electron chi connectivity index (χ2n) is 4.69. The van der Waals surface area contributed by atoms with E-state index >= 15 is 0 Å². The molecule has 0 aliphatic rings. The lowest BCUT2D eigenvalue weighted by Crippen LogP contribution is -2.19. The molecule has 24 heavy (non-hydrogen) atoms. The molecule has 0 unspecified atom stereocenters. The number of benzene rings is 2. The van der Waals surface area contributed by atoms with Crippen LogP contribution in [0.25, 0.3) is 0 Å². The van der Waals surface area contributed by atoms with Crippen molar-refractivity contribution in [2.24, 2.45) is 10.3 Å². The van der Waals surface area contributed by atoms with E-state index < -0.39 is 5.97 Å². The summed E-state index contributed by atoms with van der Waals surface area (Å²) in [4.78, 5) is 21.9. The van der Waals surface area contributed by atoms with Gasteiger partial charge in [-0.3, -0.25) is 0 Å². The number of rotatable bonds is 7. The van der Waals surface area contributed by atoms with E-state index in [2.05, 4.69) is 10.3 Å². The highest BCUT2D eigenvalue weighted by atomic mass is 16.6. The molecule has 0 spiro atoms. The molecule has 2 aromatic rings. The molecule has 6 heteroatoms. The van der Waals surface area contributed by atoms with E-state index in [1.807, 2.05) is 42.5 Å². The average Bonchev–Trinajstić information content (AvgIpc) is 2.64. The highest BCUT2D eigenvalue weighted by Crippen LogP contribution is 2.13. The zero-order chi connectivity index (χ0) is 17.2. The van der Waals surface area contributed by atoms with Crippen LogP contribution in [0, 0.1) is 0 Å². The third kappa shape index (κ3) is 4.67. The first kappa shape index (κ1) is 17.2. The fourth-order valence-corrected chi connectivity index (χ4v) is 2.01. The summed E-state index contributed by atoms with van der Waals surface area (Å²) >= 11 is 0. The van der Waals surface area contributed by atoms with Crippen molar-refractivity contribution in [3.8, 4) is 0 Å². The number of hydrogen-bond acceptors (Lipinski definition) is 6. The van der Waals surface area contributed by atoms with Gasteiger partial charge in [-0.2, -0.15) is 0 Å². The molecule has 0 heterocycles. The van der Waals surface area contributed by atoms with Gasteiger partial charge in [-0.05, 0) is 5.56 Å². The summed E-state index contributed by atoms with van der Waals surface area (Å²) in [6, 6.07) is 16.8. The van der Waals surface area contributed by atoms with Crippen molar-refractivity contribution < 1.29 is 19.2 Å². The summed E-state index contributed by atoms with van der Waals surface area (Å²) < 4.78 is 4.74. The molecule has 2 aromatic carbocycles. The van der Waals surface area contributed by atoms with Crippen LogP contribution in [0.15, 0.2) is 64.9 Å². The minimum absolute atomic E-state index is 0.0752. The van der Waals surface area contributed by atoms with Crippen LogP contribution in [0.5, 0.6) is 0 Å². The van der Waals surface area contributed by atoms with Crippen molar-refractivity contribution in [2.75, 3.05) is 14.2 Å². The van der Waals surface area contributed by atoms with Gasteiger partial charge in [-0.1, -0.05) is 64.9 Å². The fraction of sp³-hybridized carbons (Fsp3) is 0.167. The molecule has 0 atom stereocenters. The molecule has 2 rings (SSSR count). The minimum atomic E-state index is -0.586. The van der Waals surface area contributed by atoms with E-state index in [9.17, 15) is 4.79 Å². The summed E-state index contributed by atoms with van der Waals surface area (Å²) in [6.07, 6.45) is 1.62. The Morgan fingerprint density at radius 2 is 1.75 bits per heavy atom. The van der Waals surface area contributed by atoms with Gasteiger partial charge >= 0.3 is 5.97 Å². The molecule has 124 valence electrons. The maximum absolute atomic E-state index is 11.9. The van der Waals surface area contributed by atoms with Crippen LogP contribution >= 0.6 is 0 Å². The molecule has 0 fully saturated rings. The zero-order valence-electron chi connectivity index (χ0n) is 13.5. The highest BCUT2D eigenvalue weighted by molar-refractivity contribution is 6.43. The topological polar surface area (TPSA) is 69.5 Å². The molecular weight excluding hydrogens is 308 g/mol. The Morgan fingerprint density at radius 3 is 2.46 bits per heavy atom. The number of ether oxygens (including phenoxy) is 1. The van der Waals surface area contributed by atoms with Crippen LogP contribution in [-0.2, 0) is 25.8 Å². The number of carbonyl (C=O) groups excluding carboxylic acids is 1. The van der Waals surface area contributed by atoms with E-state index in [0.717, 1.165) is 11.1 Å². The number of methoxy groups -OCH3 is 1. The van der Waals surface area contributed by atoms with E-state index in [4.69, 9.17) is 14.4 Å². The number of esters is 1. The lowest BCUT2D eigenvalue weighted by molar-refractivity contribution is -0.132. The highest BCUT2D eigenvalue weighted by Gasteiger charge is 2.19. The van der Waals surface area contributed by atoms with Crippen molar-refractivity contribution in [2.45, 2.75) is 6.61 Å². The first-order chi connectivity index (χ1) is 11.8. The van der Waals surface area contributed by atoms with Gasteiger partial charge in [0, 0.05) is 11.1 Å².